The Labute approximate surface area is 119 Å². The van der Waals surface area contributed by atoms with Crippen LogP contribution in [0.25, 0.3) is 0 Å². The minimum Gasteiger partial charge on any atom is -0.389 e. The normalized spacial score (nSPS) is 36.5. The zero-order chi connectivity index (χ0) is 13.8. The molecule has 0 aromatic carbocycles. The molecule has 2 fully saturated rings. The van der Waals surface area contributed by atoms with Crippen LogP contribution in [0.15, 0.2) is 0 Å². The van der Waals surface area contributed by atoms with Gasteiger partial charge < -0.3 is 10.8 Å². The third-order valence-corrected chi connectivity index (χ3v) is 6.15. The van der Waals surface area contributed by atoms with Crippen LogP contribution in [-0.2, 0) is 0 Å². The molecule has 0 aromatic rings. The number of nitrogens with two attached hydrogens (primary N) is 1. The Morgan fingerprint density at radius 3 is 2.11 bits per heavy atom. The highest BCUT2D eigenvalue weighted by molar-refractivity contribution is 5.04. The highest BCUT2D eigenvalue weighted by Crippen LogP contribution is 2.52. The average Bonchev–Trinajstić information content (AvgIpc) is 2.39. The summed E-state index contributed by atoms with van der Waals surface area (Å²) in [5, 5.41) is 11.5. The summed E-state index contributed by atoms with van der Waals surface area (Å²) in [5.41, 5.74) is 5.76. The lowest BCUT2D eigenvalue weighted by Gasteiger charge is -2.54. The maximum absolute atomic E-state index is 11.5. The molecular formula is C17H33NO. The molecule has 3 N–H and O–H groups in total. The van der Waals surface area contributed by atoms with Gasteiger partial charge in [0.2, 0.25) is 0 Å². The van der Waals surface area contributed by atoms with Crippen LogP contribution >= 0.6 is 0 Å². The van der Waals surface area contributed by atoms with E-state index in [2.05, 4.69) is 6.92 Å². The zero-order valence-electron chi connectivity index (χ0n) is 12.8. The van der Waals surface area contributed by atoms with Gasteiger partial charge in [-0.1, -0.05) is 58.3 Å². The second-order valence-electron chi connectivity index (χ2n) is 7.03. The van der Waals surface area contributed by atoms with Crippen LogP contribution in [-0.4, -0.2) is 17.3 Å². The summed E-state index contributed by atoms with van der Waals surface area (Å²) in [4.78, 5) is 0. The summed E-state index contributed by atoms with van der Waals surface area (Å²) in [7, 11) is 0. The molecule has 112 valence electrons. The van der Waals surface area contributed by atoms with Crippen LogP contribution in [0.1, 0.15) is 84.0 Å². The van der Waals surface area contributed by atoms with Crippen LogP contribution in [0.2, 0.25) is 0 Å². The van der Waals surface area contributed by atoms with E-state index in [4.69, 9.17) is 5.73 Å². The van der Waals surface area contributed by atoms with E-state index in [1.807, 2.05) is 0 Å². The first-order valence-electron chi connectivity index (χ1n) is 8.61. The maximum atomic E-state index is 11.5. The Morgan fingerprint density at radius 1 is 0.947 bits per heavy atom. The van der Waals surface area contributed by atoms with Gasteiger partial charge in [-0.2, -0.15) is 0 Å². The van der Waals surface area contributed by atoms with Crippen molar-refractivity contribution in [3.63, 3.8) is 0 Å². The first kappa shape index (κ1) is 15.3. The van der Waals surface area contributed by atoms with E-state index in [0.29, 0.717) is 12.5 Å². The fourth-order valence-corrected chi connectivity index (χ4v) is 4.86. The zero-order valence-corrected chi connectivity index (χ0v) is 12.8. The van der Waals surface area contributed by atoms with Crippen LogP contribution in [0.3, 0.4) is 0 Å². The van der Waals surface area contributed by atoms with Gasteiger partial charge in [-0.3, -0.25) is 0 Å². The minimum atomic E-state index is -0.480. The summed E-state index contributed by atoms with van der Waals surface area (Å²) in [6.45, 7) is 2.92. The lowest BCUT2D eigenvalue weighted by Crippen LogP contribution is -2.58. The van der Waals surface area contributed by atoms with Crippen molar-refractivity contribution in [2.45, 2.75) is 89.6 Å². The van der Waals surface area contributed by atoms with Crippen LogP contribution in [0, 0.1) is 11.3 Å². The molecule has 0 aliphatic heterocycles. The molecule has 2 aliphatic carbocycles. The van der Waals surface area contributed by atoms with Gasteiger partial charge in [-0.15, -0.1) is 0 Å². The van der Waals surface area contributed by atoms with E-state index in [1.165, 1.54) is 51.4 Å². The highest BCUT2D eigenvalue weighted by Gasteiger charge is 2.53. The predicted molar refractivity (Wildman–Crippen MR) is 81.0 cm³/mol. The molecular weight excluding hydrogens is 234 g/mol. The SMILES string of the molecule is CCC1CCCCC1(O)C1(CN)CCCCCCC1. The molecule has 0 saturated heterocycles. The summed E-state index contributed by atoms with van der Waals surface area (Å²) in [5.74, 6) is 0.476. The minimum absolute atomic E-state index is 0.00845. The van der Waals surface area contributed by atoms with Gasteiger partial charge >= 0.3 is 0 Å². The molecule has 2 heteroatoms. The van der Waals surface area contributed by atoms with Gasteiger partial charge in [0.05, 0.1) is 5.60 Å². The third-order valence-electron chi connectivity index (χ3n) is 6.15. The van der Waals surface area contributed by atoms with Gasteiger partial charge in [0.1, 0.15) is 0 Å². The molecule has 0 aromatic heterocycles. The van der Waals surface area contributed by atoms with Crippen molar-refractivity contribution in [3.05, 3.63) is 0 Å². The van der Waals surface area contributed by atoms with Crippen LogP contribution in [0.5, 0.6) is 0 Å². The quantitative estimate of drug-likeness (QED) is 0.811. The van der Waals surface area contributed by atoms with Gasteiger partial charge in [0, 0.05) is 12.0 Å². The number of rotatable bonds is 3. The Kier molecular flexibility index (Phi) is 5.30. The molecule has 19 heavy (non-hydrogen) atoms. The smallest absolute Gasteiger partial charge is 0.0743 e. The lowest BCUT2D eigenvalue weighted by molar-refractivity contribution is -0.155. The third kappa shape index (κ3) is 2.85. The fraction of sp³-hybridized carbons (Fsp3) is 1.00. The Balaban J connectivity index is 2.24. The van der Waals surface area contributed by atoms with Crippen molar-refractivity contribution in [2.24, 2.45) is 17.1 Å². The fourth-order valence-electron chi connectivity index (χ4n) is 4.86. The van der Waals surface area contributed by atoms with E-state index in [0.717, 1.165) is 25.7 Å². The topological polar surface area (TPSA) is 46.2 Å². The van der Waals surface area contributed by atoms with E-state index < -0.39 is 5.60 Å². The van der Waals surface area contributed by atoms with E-state index in [-0.39, 0.29) is 5.41 Å². The molecule has 0 amide bonds. The summed E-state index contributed by atoms with van der Waals surface area (Å²) in [6, 6.07) is 0. The molecule has 0 radical (unpaired) electrons. The first-order chi connectivity index (χ1) is 9.18. The van der Waals surface area contributed by atoms with Crippen molar-refractivity contribution in [1.82, 2.24) is 0 Å². The highest BCUT2D eigenvalue weighted by atomic mass is 16.3. The standard InChI is InChI=1S/C17H33NO/c1-2-15-10-6-9-13-17(15,19)16(14-18)11-7-4-3-5-8-12-16/h15,19H,2-14,18H2,1H3. The van der Waals surface area contributed by atoms with Gasteiger partial charge in [-0.25, -0.2) is 0 Å². The first-order valence-corrected chi connectivity index (χ1v) is 8.61. The Hall–Kier alpha value is -0.0800. The van der Waals surface area contributed by atoms with Gasteiger partial charge in [0.25, 0.3) is 0 Å². The van der Waals surface area contributed by atoms with E-state index in [9.17, 15) is 5.11 Å². The molecule has 0 bridgehead atoms. The number of aliphatic hydroxyl groups is 1. The van der Waals surface area contributed by atoms with E-state index in [1.54, 1.807) is 0 Å². The maximum Gasteiger partial charge on any atom is 0.0743 e. The molecule has 2 rings (SSSR count). The van der Waals surface area contributed by atoms with Crippen molar-refractivity contribution < 1.29 is 5.11 Å². The summed E-state index contributed by atoms with van der Waals surface area (Å²) in [6.07, 6.45) is 14.6. The Bertz CT molecular complexity index is 270. The van der Waals surface area contributed by atoms with Crippen molar-refractivity contribution >= 4 is 0 Å². The largest absolute Gasteiger partial charge is 0.389 e. The molecule has 2 aliphatic rings. The van der Waals surface area contributed by atoms with Crippen molar-refractivity contribution in [2.75, 3.05) is 6.54 Å². The molecule has 0 heterocycles. The van der Waals surface area contributed by atoms with Gasteiger partial charge in [-0.05, 0) is 31.6 Å². The van der Waals surface area contributed by atoms with Crippen LogP contribution in [0.4, 0.5) is 0 Å². The monoisotopic (exact) mass is 267 g/mol. The average molecular weight is 267 g/mol. The number of hydrogen-bond acceptors (Lipinski definition) is 2. The molecule has 2 nitrogen and oxygen atoms in total. The summed E-state index contributed by atoms with van der Waals surface area (Å²) < 4.78 is 0. The van der Waals surface area contributed by atoms with Crippen LogP contribution < -0.4 is 5.73 Å². The van der Waals surface area contributed by atoms with Gasteiger partial charge in [0.15, 0.2) is 0 Å². The lowest BCUT2D eigenvalue weighted by atomic mass is 9.55. The Morgan fingerprint density at radius 2 is 1.53 bits per heavy atom. The molecule has 2 saturated carbocycles. The molecule has 2 unspecified atom stereocenters. The molecule has 0 spiro atoms. The van der Waals surface area contributed by atoms with Crippen molar-refractivity contribution in [1.29, 1.82) is 0 Å². The second kappa shape index (κ2) is 6.58. The van der Waals surface area contributed by atoms with E-state index >= 15 is 0 Å². The summed E-state index contributed by atoms with van der Waals surface area (Å²) >= 11 is 0. The van der Waals surface area contributed by atoms with Crippen molar-refractivity contribution in [3.8, 4) is 0 Å². The number of hydrogen-bond donors (Lipinski definition) is 2. The predicted octanol–water partition coefficient (Wildman–Crippen LogP) is 4.01. The second-order valence-corrected chi connectivity index (χ2v) is 7.03. The molecule has 2 atom stereocenters.